The highest BCUT2D eigenvalue weighted by atomic mass is 16.5. The molecule has 0 radical (unpaired) electrons. The minimum atomic E-state index is -0.368. The molecule has 0 atom stereocenters. The lowest BCUT2D eigenvalue weighted by molar-refractivity contribution is 0.0601. The molecule has 0 saturated carbocycles. The van der Waals surface area contributed by atoms with E-state index in [0.717, 1.165) is 5.56 Å². The molecule has 0 fully saturated rings. The van der Waals surface area contributed by atoms with Crippen LogP contribution in [0.5, 0.6) is 0 Å². The lowest BCUT2D eigenvalue weighted by atomic mass is 10.1. The molecule has 0 unspecified atom stereocenters. The van der Waals surface area contributed by atoms with Gasteiger partial charge in [-0.25, -0.2) is 4.79 Å². The summed E-state index contributed by atoms with van der Waals surface area (Å²) in [4.78, 5) is 11.1. The number of esters is 1. The van der Waals surface area contributed by atoms with Crippen molar-refractivity contribution in [2.45, 2.75) is 6.54 Å². The molecule has 0 aliphatic carbocycles. The minimum absolute atomic E-state index is 0.368. The number of methoxy groups -OCH3 is 1. The Morgan fingerprint density at radius 3 is 2.79 bits per heavy atom. The molecule has 0 aliphatic rings. The molecule has 1 aromatic rings. The zero-order valence-corrected chi connectivity index (χ0v) is 8.33. The van der Waals surface area contributed by atoms with E-state index in [4.69, 9.17) is 5.73 Å². The fourth-order valence-corrected chi connectivity index (χ4v) is 1.19. The van der Waals surface area contributed by atoms with E-state index in [9.17, 15) is 4.79 Å². The van der Waals surface area contributed by atoms with E-state index < -0.39 is 0 Å². The van der Waals surface area contributed by atoms with Gasteiger partial charge in [0, 0.05) is 12.2 Å². The first-order chi connectivity index (χ1) is 6.69. The number of nitrogens with two attached hydrogens (primary N) is 1. The average molecular weight is 194 g/mol. The maximum Gasteiger partial charge on any atom is 0.337 e. The minimum Gasteiger partial charge on any atom is -0.465 e. The van der Waals surface area contributed by atoms with Crippen LogP contribution < -0.4 is 11.1 Å². The van der Waals surface area contributed by atoms with Crippen molar-refractivity contribution in [1.82, 2.24) is 5.32 Å². The molecule has 1 rings (SSSR count). The molecule has 0 heterocycles. The molecule has 4 heteroatoms. The van der Waals surface area contributed by atoms with E-state index in [-0.39, 0.29) is 5.97 Å². The van der Waals surface area contributed by atoms with Gasteiger partial charge in [0.25, 0.3) is 0 Å². The van der Waals surface area contributed by atoms with E-state index in [1.54, 1.807) is 12.1 Å². The second-order valence-electron chi connectivity index (χ2n) is 2.94. The summed E-state index contributed by atoms with van der Waals surface area (Å²) in [7, 11) is 3.19. The van der Waals surface area contributed by atoms with Crippen molar-refractivity contribution in [1.29, 1.82) is 0 Å². The fourth-order valence-electron chi connectivity index (χ4n) is 1.19. The van der Waals surface area contributed by atoms with E-state index in [0.29, 0.717) is 17.8 Å². The van der Waals surface area contributed by atoms with E-state index in [1.165, 1.54) is 7.11 Å². The van der Waals surface area contributed by atoms with Gasteiger partial charge in [0.05, 0.1) is 12.7 Å². The van der Waals surface area contributed by atoms with Crippen molar-refractivity contribution in [2.24, 2.45) is 0 Å². The van der Waals surface area contributed by atoms with Crippen molar-refractivity contribution in [3.8, 4) is 0 Å². The Morgan fingerprint density at radius 1 is 1.57 bits per heavy atom. The van der Waals surface area contributed by atoms with Crippen LogP contribution in [0.25, 0.3) is 0 Å². The summed E-state index contributed by atoms with van der Waals surface area (Å²) < 4.78 is 4.58. The predicted molar refractivity (Wildman–Crippen MR) is 55.0 cm³/mol. The monoisotopic (exact) mass is 194 g/mol. The normalized spacial score (nSPS) is 9.86. The largest absolute Gasteiger partial charge is 0.465 e. The second kappa shape index (κ2) is 4.62. The molecule has 0 spiro atoms. The number of nitrogen functional groups attached to an aromatic ring is 1. The van der Waals surface area contributed by atoms with Gasteiger partial charge < -0.3 is 15.8 Å². The Morgan fingerprint density at radius 2 is 2.29 bits per heavy atom. The van der Waals surface area contributed by atoms with Gasteiger partial charge in [-0.3, -0.25) is 0 Å². The summed E-state index contributed by atoms with van der Waals surface area (Å²) in [6.45, 7) is 0.688. The quantitative estimate of drug-likeness (QED) is 0.551. The highest BCUT2D eigenvalue weighted by Gasteiger charge is 2.07. The molecule has 0 saturated heterocycles. The molecule has 0 amide bonds. The van der Waals surface area contributed by atoms with Gasteiger partial charge in [-0.05, 0) is 24.7 Å². The van der Waals surface area contributed by atoms with Crippen LogP contribution in [0, 0.1) is 0 Å². The first kappa shape index (κ1) is 10.5. The number of rotatable bonds is 3. The summed E-state index contributed by atoms with van der Waals surface area (Å²) in [5.41, 5.74) is 7.80. The van der Waals surface area contributed by atoms with Gasteiger partial charge in [-0.2, -0.15) is 0 Å². The summed E-state index contributed by atoms with van der Waals surface area (Å²) in [5.74, 6) is -0.368. The average Bonchev–Trinajstić information content (AvgIpc) is 2.20. The topological polar surface area (TPSA) is 64.3 Å². The Hall–Kier alpha value is -1.55. The molecule has 14 heavy (non-hydrogen) atoms. The van der Waals surface area contributed by atoms with Gasteiger partial charge in [-0.15, -0.1) is 0 Å². The molecule has 0 bridgehead atoms. The van der Waals surface area contributed by atoms with Crippen LogP contribution in [0.4, 0.5) is 5.69 Å². The Kier molecular flexibility index (Phi) is 3.48. The smallest absolute Gasteiger partial charge is 0.337 e. The van der Waals surface area contributed by atoms with Crippen LogP contribution in [-0.4, -0.2) is 20.1 Å². The molecular weight excluding hydrogens is 180 g/mol. The molecule has 1 aromatic carbocycles. The second-order valence-corrected chi connectivity index (χ2v) is 2.94. The number of benzene rings is 1. The van der Waals surface area contributed by atoms with Crippen molar-refractivity contribution in [3.05, 3.63) is 29.3 Å². The van der Waals surface area contributed by atoms with Gasteiger partial charge in [0.15, 0.2) is 0 Å². The Bertz CT molecular complexity index is 337. The lowest BCUT2D eigenvalue weighted by Crippen LogP contribution is -2.09. The summed E-state index contributed by atoms with van der Waals surface area (Å²) in [6, 6.07) is 5.14. The lowest BCUT2D eigenvalue weighted by Gasteiger charge is -2.06. The highest BCUT2D eigenvalue weighted by Crippen LogP contribution is 2.14. The predicted octanol–water partition coefficient (Wildman–Crippen LogP) is 0.775. The first-order valence-electron chi connectivity index (χ1n) is 4.30. The van der Waals surface area contributed by atoms with Crippen molar-refractivity contribution < 1.29 is 9.53 Å². The van der Waals surface area contributed by atoms with Crippen molar-refractivity contribution in [2.75, 3.05) is 19.9 Å². The number of hydrogen-bond donors (Lipinski definition) is 2. The van der Waals surface area contributed by atoms with Crippen molar-refractivity contribution >= 4 is 11.7 Å². The van der Waals surface area contributed by atoms with Crippen molar-refractivity contribution in [3.63, 3.8) is 0 Å². The standard InChI is InChI=1S/C10H14N2O2/c1-12-6-8-4-3-7(5-9(8)11)10(13)14-2/h3-5,12H,6,11H2,1-2H3. The van der Waals surface area contributed by atoms with Gasteiger partial charge in [-0.1, -0.05) is 6.07 Å². The number of nitrogens with one attached hydrogen (secondary N) is 1. The molecule has 3 N–H and O–H groups in total. The van der Waals surface area contributed by atoms with Crippen LogP contribution in [0.15, 0.2) is 18.2 Å². The third kappa shape index (κ3) is 2.23. The third-order valence-electron chi connectivity index (χ3n) is 1.93. The molecular formula is C10H14N2O2. The van der Waals surface area contributed by atoms with Crippen LogP contribution >= 0.6 is 0 Å². The third-order valence-corrected chi connectivity index (χ3v) is 1.93. The summed E-state index contributed by atoms with van der Waals surface area (Å²) in [5, 5.41) is 2.99. The van der Waals surface area contributed by atoms with E-state index >= 15 is 0 Å². The fraction of sp³-hybridized carbons (Fsp3) is 0.300. The number of carbonyl (C=O) groups excluding carboxylic acids is 1. The zero-order chi connectivity index (χ0) is 10.6. The zero-order valence-electron chi connectivity index (χ0n) is 8.33. The highest BCUT2D eigenvalue weighted by molar-refractivity contribution is 5.90. The SMILES string of the molecule is CNCc1ccc(C(=O)OC)cc1N. The molecule has 4 nitrogen and oxygen atoms in total. The Balaban J connectivity index is 2.94. The summed E-state index contributed by atoms with van der Waals surface area (Å²) in [6.07, 6.45) is 0. The van der Waals surface area contributed by atoms with Crippen LogP contribution in [0.2, 0.25) is 0 Å². The Labute approximate surface area is 83.1 Å². The number of anilines is 1. The number of hydrogen-bond acceptors (Lipinski definition) is 4. The maximum absolute atomic E-state index is 11.1. The van der Waals surface area contributed by atoms with Gasteiger partial charge >= 0.3 is 5.97 Å². The van der Waals surface area contributed by atoms with Crippen LogP contribution in [0.3, 0.4) is 0 Å². The molecule has 0 aliphatic heterocycles. The van der Waals surface area contributed by atoms with Gasteiger partial charge in [0.1, 0.15) is 0 Å². The summed E-state index contributed by atoms with van der Waals surface area (Å²) >= 11 is 0. The van der Waals surface area contributed by atoms with Gasteiger partial charge in [0.2, 0.25) is 0 Å². The maximum atomic E-state index is 11.1. The number of carbonyl (C=O) groups is 1. The van der Waals surface area contributed by atoms with Crippen LogP contribution in [-0.2, 0) is 11.3 Å². The van der Waals surface area contributed by atoms with E-state index in [1.807, 2.05) is 13.1 Å². The first-order valence-corrected chi connectivity index (χ1v) is 4.30. The van der Waals surface area contributed by atoms with E-state index in [2.05, 4.69) is 10.1 Å². The van der Waals surface area contributed by atoms with Crippen LogP contribution in [0.1, 0.15) is 15.9 Å². The molecule has 0 aromatic heterocycles. The number of ether oxygens (including phenoxy) is 1. The molecule has 76 valence electrons.